The summed E-state index contributed by atoms with van der Waals surface area (Å²) < 4.78 is 0. The smallest absolute Gasteiger partial charge is 0.352 e. The highest BCUT2D eigenvalue weighted by molar-refractivity contribution is 6.05. The summed E-state index contributed by atoms with van der Waals surface area (Å²) in [6.45, 7) is 0. The maximum atomic E-state index is 11.5. The Kier molecular flexibility index (Phi) is 2.00. The minimum absolute atomic E-state index is 0.0856. The van der Waals surface area contributed by atoms with Crippen molar-refractivity contribution < 1.29 is 14.7 Å². The molecule has 2 N–H and O–H groups in total. The summed E-state index contributed by atoms with van der Waals surface area (Å²) in [5.41, 5.74) is -0.267. The highest BCUT2D eigenvalue weighted by Gasteiger charge is 2.18. The second kappa shape index (κ2) is 3.20. The van der Waals surface area contributed by atoms with Gasteiger partial charge >= 0.3 is 5.97 Å². The summed E-state index contributed by atoms with van der Waals surface area (Å²) in [5.74, 6) is -1.62. The molecule has 0 spiro atoms. The summed E-state index contributed by atoms with van der Waals surface area (Å²) in [5, 5.41) is 8.70. The first-order valence-electron chi connectivity index (χ1n) is 4.30. The molecule has 1 aliphatic rings. The maximum absolute atomic E-state index is 11.5. The first-order chi connectivity index (χ1) is 7.09. The number of ketones is 1. The van der Waals surface area contributed by atoms with Gasteiger partial charge in [-0.3, -0.25) is 9.59 Å². The summed E-state index contributed by atoms with van der Waals surface area (Å²) in [6, 6.07) is 0.994. The Morgan fingerprint density at radius 3 is 2.80 bits per heavy atom. The second-order valence-corrected chi connectivity index (χ2v) is 3.18. The van der Waals surface area contributed by atoms with E-state index in [2.05, 4.69) is 4.98 Å². The van der Waals surface area contributed by atoms with E-state index in [1.807, 2.05) is 0 Å². The number of hydrogen-bond donors (Lipinski definition) is 2. The van der Waals surface area contributed by atoms with Gasteiger partial charge in [0.15, 0.2) is 5.43 Å². The van der Waals surface area contributed by atoms with Crippen LogP contribution in [0.5, 0.6) is 0 Å². The minimum Gasteiger partial charge on any atom is -0.477 e. The molecule has 0 fully saturated rings. The van der Waals surface area contributed by atoms with Crippen LogP contribution in [0, 0.1) is 0 Å². The van der Waals surface area contributed by atoms with Crippen LogP contribution in [0.4, 0.5) is 0 Å². The third kappa shape index (κ3) is 1.48. The lowest BCUT2D eigenvalue weighted by atomic mass is 10.0. The lowest BCUT2D eigenvalue weighted by Gasteiger charge is -2.09. The van der Waals surface area contributed by atoms with Crippen molar-refractivity contribution in [1.29, 1.82) is 0 Å². The molecule has 0 unspecified atom stereocenters. The number of carbonyl (C=O) groups is 2. The van der Waals surface area contributed by atoms with Gasteiger partial charge in [0.2, 0.25) is 5.78 Å². The second-order valence-electron chi connectivity index (χ2n) is 3.18. The number of H-pyrrole nitrogens is 1. The molecule has 0 aromatic carbocycles. The minimum atomic E-state index is -1.25. The van der Waals surface area contributed by atoms with Gasteiger partial charge in [0.05, 0.1) is 5.69 Å². The molecule has 0 bridgehead atoms. The predicted molar refractivity (Wildman–Crippen MR) is 51.2 cm³/mol. The summed E-state index contributed by atoms with van der Waals surface area (Å²) in [4.78, 5) is 35.9. The number of aromatic carboxylic acids is 1. The fourth-order valence-electron chi connectivity index (χ4n) is 1.48. The van der Waals surface area contributed by atoms with Crippen LogP contribution in [-0.2, 0) is 6.42 Å². The highest BCUT2D eigenvalue weighted by Crippen LogP contribution is 2.11. The van der Waals surface area contributed by atoms with E-state index in [4.69, 9.17) is 5.11 Å². The van der Waals surface area contributed by atoms with Crippen molar-refractivity contribution >= 4 is 11.8 Å². The predicted octanol–water partition coefficient (Wildman–Crippen LogP) is 0.368. The Hall–Kier alpha value is -2.17. The van der Waals surface area contributed by atoms with Gasteiger partial charge in [-0.2, -0.15) is 0 Å². The largest absolute Gasteiger partial charge is 0.477 e. The van der Waals surface area contributed by atoms with Crippen molar-refractivity contribution in [3.8, 4) is 0 Å². The van der Waals surface area contributed by atoms with Crippen LogP contribution in [0.25, 0.3) is 0 Å². The number of pyridine rings is 1. The number of rotatable bonds is 1. The van der Waals surface area contributed by atoms with E-state index in [0.29, 0.717) is 12.0 Å². The zero-order valence-corrected chi connectivity index (χ0v) is 7.61. The van der Waals surface area contributed by atoms with Crippen LogP contribution >= 0.6 is 0 Å². The molecule has 15 heavy (non-hydrogen) atoms. The number of fused-ring (bicyclic) bond motifs is 1. The average Bonchev–Trinajstić information content (AvgIpc) is 2.19. The molecule has 5 heteroatoms. The van der Waals surface area contributed by atoms with Gasteiger partial charge in [-0.15, -0.1) is 0 Å². The van der Waals surface area contributed by atoms with Crippen molar-refractivity contribution in [3.05, 3.63) is 45.4 Å². The fraction of sp³-hybridized carbons (Fsp3) is 0.100. The topological polar surface area (TPSA) is 87.2 Å². The number of carboxylic acids is 1. The molecule has 1 aromatic rings. The zero-order valence-electron chi connectivity index (χ0n) is 7.61. The fourth-order valence-corrected chi connectivity index (χ4v) is 1.48. The molecule has 1 aliphatic carbocycles. The summed E-state index contributed by atoms with van der Waals surface area (Å²) in [6.07, 6.45) is 3.26. The summed E-state index contributed by atoms with van der Waals surface area (Å²) in [7, 11) is 0. The molecule has 5 nitrogen and oxygen atoms in total. The van der Waals surface area contributed by atoms with E-state index in [9.17, 15) is 14.4 Å². The van der Waals surface area contributed by atoms with Gasteiger partial charge in [0.25, 0.3) is 0 Å². The van der Waals surface area contributed by atoms with Crippen LogP contribution < -0.4 is 5.43 Å². The van der Waals surface area contributed by atoms with Crippen molar-refractivity contribution in [2.75, 3.05) is 0 Å². The normalized spacial score (nSPS) is 13.7. The number of aromatic nitrogens is 1. The van der Waals surface area contributed by atoms with E-state index < -0.39 is 11.4 Å². The quantitative estimate of drug-likeness (QED) is 0.693. The highest BCUT2D eigenvalue weighted by atomic mass is 16.4. The van der Waals surface area contributed by atoms with Crippen LogP contribution in [0.2, 0.25) is 0 Å². The monoisotopic (exact) mass is 205 g/mol. The molecule has 1 aromatic heterocycles. The molecule has 2 rings (SSSR count). The van der Waals surface area contributed by atoms with Crippen LogP contribution in [-0.4, -0.2) is 21.8 Å². The molecule has 76 valence electrons. The van der Waals surface area contributed by atoms with E-state index >= 15 is 0 Å². The molecule has 0 saturated heterocycles. The summed E-state index contributed by atoms with van der Waals surface area (Å²) >= 11 is 0. The van der Waals surface area contributed by atoms with E-state index in [1.54, 1.807) is 6.08 Å². The first kappa shape index (κ1) is 9.39. The van der Waals surface area contributed by atoms with Crippen molar-refractivity contribution in [1.82, 2.24) is 4.98 Å². The van der Waals surface area contributed by atoms with Crippen LogP contribution in [0.3, 0.4) is 0 Å². The zero-order chi connectivity index (χ0) is 11.0. The number of aromatic amines is 1. The van der Waals surface area contributed by atoms with Gasteiger partial charge in [-0.1, -0.05) is 6.08 Å². The van der Waals surface area contributed by atoms with Crippen molar-refractivity contribution in [2.45, 2.75) is 6.42 Å². The lowest BCUT2D eigenvalue weighted by Crippen LogP contribution is -2.21. The molecule has 1 heterocycles. The Bertz CT molecular complexity index is 539. The molecule has 0 amide bonds. The Morgan fingerprint density at radius 2 is 2.13 bits per heavy atom. The number of carbonyl (C=O) groups excluding carboxylic acids is 1. The van der Waals surface area contributed by atoms with Crippen LogP contribution in [0.15, 0.2) is 23.0 Å². The van der Waals surface area contributed by atoms with Crippen LogP contribution in [0.1, 0.15) is 26.5 Å². The van der Waals surface area contributed by atoms with Gasteiger partial charge in [-0.05, 0) is 12.5 Å². The maximum Gasteiger partial charge on any atom is 0.352 e. The number of allylic oxidation sites excluding steroid dienone is 2. The third-order valence-corrected chi connectivity index (χ3v) is 2.20. The first-order valence-corrected chi connectivity index (χ1v) is 4.30. The Labute approximate surface area is 84.1 Å². The van der Waals surface area contributed by atoms with Gasteiger partial charge in [-0.25, -0.2) is 4.79 Å². The Balaban J connectivity index is 2.70. The number of hydrogen-bond acceptors (Lipinski definition) is 3. The molecular formula is C10H7NO4. The lowest BCUT2D eigenvalue weighted by molar-refractivity contribution is 0.0690. The van der Waals surface area contributed by atoms with E-state index in [1.165, 1.54) is 6.08 Å². The molecular weight excluding hydrogens is 198 g/mol. The molecule has 0 saturated carbocycles. The number of nitrogens with one attached hydrogen (secondary N) is 1. The van der Waals surface area contributed by atoms with Gasteiger partial charge < -0.3 is 10.1 Å². The van der Waals surface area contributed by atoms with Crippen molar-refractivity contribution in [2.24, 2.45) is 0 Å². The number of carboxylic acid groups (broad SMARTS) is 1. The SMILES string of the molecule is O=C(O)c1cc(=O)c2c([nH]1)C(=O)C=CC2. The van der Waals surface area contributed by atoms with Crippen molar-refractivity contribution in [3.63, 3.8) is 0 Å². The molecule has 0 atom stereocenters. The standard InChI is InChI=1S/C10H7NO4/c12-7-3-1-2-5-8(13)4-6(10(14)15)11-9(5)7/h1,3-4H,2H2,(H,11,13)(H,14,15). The third-order valence-electron chi connectivity index (χ3n) is 2.20. The molecule has 0 radical (unpaired) electrons. The Morgan fingerprint density at radius 1 is 1.40 bits per heavy atom. The molecule has 0 aliphatic heterocycles. The van der Waals surface area contributed by atoms with Gasteiger partial charge in [0.1, 0.15) is 5.69 Å². The average molecular weight is 205 g/mol. The van der Waals surface area contributed by atoms with E-state index in [0.717, 1.165) is 6.07 Å². The van der Waals surface area contributed by atoms with Gasteiger partial charge in [0, 0.05) is 11.6 Å². The van der Waals surface area contributed by atoms with E-state index in [-0.39, 0.29) is 17.2 Å².